The van der Waals surface area contributed by atoms with Gasteiger partial charge in [-0.3, -0.25) is 5.26 Å². The van der Waals surface area contributed by atoms with Crippen molar-refractivity contribution < 1.29 is 15.3 Å². The normalized spacial score (nSPS) is 43.9. The molecule has 0 spiro atoms. The topological polar surface area (TPSA) is 49.7 Å². The molecule has 0 saturated heterocycles. The molecule has 4 aliphatic rings. The molecule has 4 rings (SSSR count). The predicted octanol–water partition coefficient (Wildman–Crippen LogP) is 7.95. The second-order valence-electron chi connectivity index (χ2n) is 14.0. The lowest BCUT2D eigenvalue weighted by molar-refractivity contribution is -0.297. The number of fused-ring (bicyclic) bond motifs is 4. The average Bonchev–Trinajstić information content (AvgIpc) is 3.02. The van der Waals surface area contributed by atoms with Gasteiger partial charge in [-0.2, -0.15) is 0 Å². The van der Waals surface area contributed by atoms with Crippen LogP contribution < -0.4 is 0 Å². The maximum absolute atomic E-state index is 10.8. The van der Waals surface area contributed by atoms with Crippen LogP contribution in [0.4, 0.5) is 0 Å². The van der Waals surface area contributed by atoms with E-state index in [4.69, 9.17) is 5.26 Å². The Morgan fingerprint density at radius 2 is 1.70 bits per heavy atom. The zero-order valence-electron chi connectivity index (χ0n) is 22.6. The van der Waals surface area contributed by atoms with Gasteiger partial charge in [-0.1, -0.05) is 64.8 Å². The highest BCUT2D eigenvalue weighted by molar-refractivity contribution is 5.38. The second-order valence-corrected chi connectivity index (χ2v) is 14.0. The summed E-state index contributed by atoms with van der Waals surface area (Å²) in [5.41, 5.74) is 3.95. The lowest BCUT2D eigenvalue weighted by Crippen LogP contribution is -2.55. The molecule has 2 fully saturated rings. The van der Waals surface area contributed by atoms with Crippen molar-refractivity contribution in [3.05, 3.63) is 23.3 Å². The first-order valence-electron chi connectivity index (χ1n) is 13.6. The molecule has 0 bridgehead atoms. The van der Waals surface area contributed by atoms with Gasteiger partial charge in [-0.05, 0) is 111 Å². The fraction of sp³-hybridized carbons (Fsp3) is 0.867. The van der Waals surface area contributed by atoms with Gasteiger partial charge < -0.3 is 5.11 Å². The fourth-order valence-corrected chi connectivity index (χ4v) is 9.39. The van der Waals surface area contributed by atoms with Crippen molar-refractivity contribution in [1.82, 2.24) is 0 Å². The molecule has 0 amide bonds. The van der Waals surface area contributed by atoms with Gasteiger partial charge >= 0.3 is 0 Å². The highest BCUT2D eigenvalue weighted by Gasteiger charge is 2.63. The number of hydrogen-bond acceptors (Lipinski definition) is 3. The summed E-state index contributed by atoms with van der Waals surface area (Å²) < 4.78 is 0. The number of hydrogen-bond donors (Lipinski definition) is 2. The summed E-state index contributed by atoms with van der Waals surface area (Å²) in [5, 5.41) is 19.9. The van der Waals surface area contributed by atoms with E-state index in [-0.39, 0.29) is 16.9 Å². The van der Waals surface area contributed by atoms with Crippen LogP contribution in [-0.2, 0) is 4.89 Å². The highest BCUT2D eigenvalue weighted by Crippen LogP contribution is 2.72. The molecule has 0 aromatic heterocycles. The summed E-state index contributed by atoms with van der Waals surface area (Å²) in [4.78, 5) is 4.59. The number of allylic oxidation sites excluding steroid dienone is 3. The van der Waals surface area contributed by atoms with E-state index in [1.54, 1.807) is 5.57 Å². The zero-order chi connectivity index (χ0) is 24.4. The minimum atomic E-state index is -0.617. The van der Waals surface area contributed by atoms with Gasteiger partial charge in [0.25, 0.3) is 0 Å². The quantitative estimate of drug-likeness (QED) is 0.250. The summed E-state index contributed by atoms with van der Waals surface area (Å²) in [6, 6.07) is 0. The number of aliphatic hydroxyl groups is 1. The van der Waals surface area contributed by atoms with Crippen molar-refractivity contribution in [2.24, 2.45) is 39.4 Å². The van der Waals surface area contributed by atoms with E-state index in [2.05, 4.69) is 52.5 Å². The molecule has 2 N–H and O–H groups in total. The molecule has 0 aromatic rings. The summed E-state index contributed by atoms with van der Waals surface area (Å²) in [5.74, 6) is 1.95. The van der Waals surface area contributed by atoms with Gasteiger partial charge in [0.05, 0.1) is 6.10 Å². The minimum absolute atomic E-state index is 0.0122. The lowest BCUT2D eigenvalue weighted by Gasteiger charge is -2.62. The van der Waals surface area contributed by atoms with Gasteiger partial charge in [-0.25, -0.2) is 4.89 Å². The van der Waals surface area contributed by atoms with E-state index in [9.17, 15) is 5.11 Å². The van der Waals surface area contributed by atoms with Crippen LogP contribution in [0.5, 0.6) is 0 Å². The van der Waals surface area contributed by atoms with Crippen LogP contribution in [-0.4, -0.2) is 22.1 Å². The van der Waals surface area contributed by atoms with Gasteiger partial charge in [0.1, 0.15) is 5.60 Å². The molecule has 3 nitrogen and oxygen atoms in total. The summed E-state index contributed by atoms with van der Waals surface area (Å²) in [6.45, 7) is 18.6. The first-order chi connectivity index (χ1) is 15.2. The highest BCUT2D eigenvalue weighted by atomic mass is 17.1. The van der Waals surface area contributed by atoms with Gasteiger partial charge in [0, 0.05) is 0 Å². The molecule has 4 aliphatic carbocycles. The van der Waals surface area contributed by atoms with Gasteiger partial charge in [-0.15, -0.1) is 0 Å². The van der Waals surface area contributed by atoms with E-state index >= 15 is 0 Å². The van der Waals surface area contributed by atoms with Gasteiger partial charge in [0.2, 0.25) is 0 Å². The SMILES string of the molecule is CC(CC=CC(C)(C)OO)C1CCC2(C)C3=C(CCC12C)C1(C)CCC(O)C(C)(C)C1CC3. The lowest BCUT2D eigenvalue weighted by atomic mass is 9.43. The molecule has 33 heavy (non-hydrogen) atoms. The van der Waals surface area contributed by atoms with E-state index in [0.717, 1.165) is 25.2 Å². The smallest absolute Gasteiger partial charge is 0.116 e. The molecule has 7 unspecified atom stereocenters. The summed E-state index contributed by atoms with van der Waals surface area (Å²) in [6.07, 6.45) is 14.9. The first-order valence-corrected chi connectivity index (χ1v) is 13.6. The van der Waals surface area contributed by atoms with Crippen molar-refractivity contribution in [2.45, 2.75) is 125 Å². The molecule has 0 aliphatic heterocycles. The Balaban J connectivity index is 1.61. The van der Waals surface area contributed by atoms with Crippen LogP contribution in [0, 0.1) is 39.4 Å². The van der Waals surface area contributed by atoms with E-state index in [1.165, 1.54) is 38.5 Å². The molecule has 0 aromatic carbocycles. The molecular formula is C30H50O3. The third-order valence-electron chi connectivity index (χ3n) is 11.7. The Bertz CT molecular complexity index is 822. The van der Waals surface area contributed by atoms with Crippen LogP contribution >= 0.6 is 0 Å². The first kappa shape index (κ1) is 25.5. The van der Waals surface area contributed by atoms with Crippen molar-refractivity contribution in [1.29, 1.82) is 0 Å². The van der Waals surface area contributed by atoms with E-state index in [0.29, 0.717) is 22.7 Å². The van der Waals surface area contributed by atoms with Crippen LogP contribution in [0.25, 0.3) is 0 Å². The third kappa shape index (κ3) is 3.71. The van der Waals surface area contributed by atoms with Crippen molar-refractivity contribution in [3.8, 4) is 0 Å². The minimum Gasteiger partial charge on any atom is -0.393 e. The second kappa shape index (κ2) is 8.20. The molecule has 0 radical (unpaired) electrons. The Morgan fingerprint density at radius 1 is 1.00 bits per heavy atom. The molecule has 7 atom stereocenters. The van der Waals surface area contributed by atoms with Crippen molar-refractivity contribution >= 4 is 0 Å². The number of rotatable bonds is 5. The Kier molecular flexibility index (Phi) is 6.33. The van der Waals surface area contributed by atoms with E-state index < -0.39 is 5.60 Å². The Hall–Kier alpha value is -0.640. The van der Waals surface area contributed by atoms with Crippen molar-refractivity contribution in [3.63, 3.8) is 0 Å². The standard InChI is InChI=1S/C30H50O3/c1-20(10-9-16-26(2,3)33-32)21-13-18-30(8)23-11-12-24-27(4,5)25(31)15-17-28(24,6)22(23)14-19-29(21,30)7/h9,16,20-21,24-25,31-32H,10-15,17-19H2,1-8H3. The van der Waals surface area contributed by atoms with Gasteiger partial charge in [0.15, 0.2) is 0 Å². The predicted molar refractivity (Wildman–Crippen MR) is 136 cm³/mol. The molecule has 2 saturated carbocycles. The maximum atomic E-state index is 10.8. The van der Waals surface area contributed by atoms with Crippen LogP contribution in [0.15, 0.2) is 23.3 Å². The van der Waals surface area contributed by atoms with Crippen LogP contribution in [0.1, 0.15) is 113 Å². The number of aliphatic hydroxyl groups excluding tert-OH is 1. The molecule has 0 heterocycles. The molecular weight excluding hydrogens is 408 g/mol. The molecule has 3 heteroatoms. The van der Waals surface area contributed by atoms with E-state index in [1.807, 2.05) is 25.5 Å². The molecule has 188 valence electrons. The summed E-state index contributed by atoms with van der Waals surface area (Å²) in [7, 11) is 0. The average molecular weight is 459 g/mol. The monoisotopic (exact) mass is 458 g/mol. The fourth-order valence-electron chi connectivity index (χ4n) is 9.39. The van der Waals surface area contributed by atoms with Crippen molar-refractivity contribution in [2.75, 3.05) is 0 Å². The summed E-state index contributed by atoms with van der Waals surface area (Å²) >= 11 is 0. The zero-order valence-corrected chi connectivity index (χ0v) is 22.6. The Morgan fingerprint density at radius 3 is 2.36 bits per heavy atom. The Labute approximate surface area is 203 Å². The maximum Gasteiger partial charge on any atom is 0.116 e. The largest absolute Gasteiger partial charge is 0.393 e. The third-order valence-corrected chi connectivity index (χ3v) is 11.7. The van der Waals surface area contributed by atoms with Crippen LogP contribution in [0.3, 0.4) is 0 Å². The van der Waals surface area contributed by atoms with Crippen LogP contribution in [0.2, 0.25) is 0 Å².